The average molecular weight is 483 g/mol. The molecule has 1 unspecified atom stereocenters. The summed E-state index contributed by atoms with van der Waals surface area (Å²) in [6.07, 6.45) is 8.23. The Kier molecular flexibility index (Phi) is 5.53. The van der Waals surface area contributed by atoms with Crippen molar-refractivity contribution in [1.29, 1.82) is 0 Å². The van der Waals surface area contributed by atoms with E-state index in [-0.39, 0.29) is 23.8 Å². The molecule has 0 saturated heterocycles. The number of halogens is 2. The zero-order valence-electron chi connectivity index (χ0n) is 19.1. The van der Waals surface area contributed by atoms with Crippen LogP contribution in [0.15, 0.2) is 53.6 Å². The molecule has 1 N–H and O–H groups in total. The van der Waals surface area contributed by atoms with E-state index in [1.807, 2.05) is 37.3 Å². The maximum absolute atomic E-state index is 14.2. The summed E-state index contributed by atoms with van der Waals surface area (Å²) < 4.78 is 2.15. The van der Waals surface area contributed by atoms with Crippen molar-refractivity contribution < 1.29 is 4.79 Å². The van der Waals surface area contributed by atoms with Gasteiger partial charge in [-0.3, -0.25) is 4.79 Å². The lowest BCUT2D eigenvalue weighted by molar-refractivity contribution is -0.126. The Morgan fingerprint density at radius 3 is 2.82 bits per heavy atom. The van der Waals surface area contributed by atoms with E-state index in [1.165, 1.54) is 0 Å². The molecule has 0 saturated carbocycles. The van der Waals surface area contributed by atoms with E-state index in [0.29, 0.717) is 23.8 Å². The van der Waals surface area contributed by atoms with Crippen LogP contribution in [0.3, 0.4) is 0 Å². The highest BCUT2D eigenvalue weighted by molar-refractivity contribution is 6.31. The summed E-state index contributed by atoms with van der Waals surface area (Å²) in [4.78, 5) is 14.2. The van der Waals surface area contributed by atoms with Gasteiger partial charge in [-0.1, -0.05) is 67.4 Å². The first kappa shape index (κ1) is 22.4. The minimum absolute atomic E-state index is 0.0162. The highest BCUT2D eigenvalue weighted by atomic mass is 35.5. The molecular formula is C26H28Cl2N4O. The molecule has 33 heavy (non-hydrogen) atoms. The largest absolute Gasteiger partial charge is 0.325 e. The van der Waals surface area contributed by atoms with Gasteiger partial charge >= 0.3 is 0 Å². The van der Waals surface area contributed by atoms with E-state index in [1.54, 1.807) is 0 Å². The number of amides is 1. The number of carbonyl (C=O) groups excluding carboxylic acids is 1. The number of rotatable bonds is 4. The van der Waals surface area contributed by atoms with Gasteiger partial charge in [-0.2, -0.15) is 0 Å². The summed E-state index contributed by atoms with van der Waals surface area (Å²) in [6, 6.07) is 5.43. The third kappa shape index (κ3) is 3.39. The molecule has 5 rings (SSSR count). The van der Waals surface area contributed by atoms with Crippen molar-refractivity contribution in [2.45, 2.75) is 51.5 Å². The van der Waals surface area contributed by atoms with Crippen LogP contribution in [0.25, 0.3) is 0 Å². The fourth-order valence-corrected chi connectivity index (χ4v) is 6.61. The lowest BCUT2D eigenvalue weighted by atomic mass is 9.56. The average Bonchev–Trinajstić information content (AvgIpc) is 3.24. The summed E-state index contributed by atoms with van der Waals surface area (Å²) in [5.41, 5.74) is 1.89. The van der Waals surface area contributed by atoms with Crippen molar-refractivity contribution in [2.75, 3.05) is 5.32 Å². The Labute approximate surface area is 204 Å². The Morgan fingerprint density at radius 2 is 2.09 bits per heavy atom. The van der Waals surface area contributed by atoms with E-state index in [4.69, 9.17) is 23.2 Å². The Balaban J connectivity index is 1.80. The molecule has 7 heteroatoms. The lowest BCUT2D eigenvalue weighted by Crippen LogP contribution is -2.55. The molecule has 4 atom stereocenters. The van der Waals surface area contributed by atoms with Gasteiger partial charge in [0.15, 0.2) is 0 Å². The molecular weight excluding hydrogens is 455 g/mol. The predicted molar refractivity (Wildman–Crippen MR) is 133 cm³/mol. The number of aromatic nitrogens is 3. The van der Waals surface area contributed by atoms with Crippen molar-refractivity contribution in [1.82, 2.24) is 14.8 Å². The lowest BCUT2D eigenvalue weighted by Gasteiger charge is -2.50. The summed E-state index contributed by atoms with van der Waals surface area (Å²) >= 11 is 12.8. The van der Waals surface area contributed by atoms with Crippen LogP contribution in [0.1, 0.15) is 49.9 Å². The molecule has 1 spiro atoms. The second kappa shape index (κ2) is 8.14. The van der Waals surface area contributed by atoms with Crippen LogP contribution in [0.2, 0.25) is 5.02 Å². The number of nitrogens with zero attached hydrogens (tertiary/aromatic N) is 3. The van der Waals surface area contributed by atoms with Gasteiger partial charge in [0.25, 0.3) is 0 Å². The van der Waals surface area contributed by atoms with Gasteiger partial charge in [-0.25, -0.2) is 0 Å². The summed E-state index contributed by atoms with van der Waals surface area (Å²) in [7, 11) is 0. The van der Waals surface area contributed by atoms with Gasteiger partial charge in [0.2, 0.25) is 5.91 Å². The standard InChI is InChI=1S/C26H28Cl2N4O/c1-14(2)10-15(3)24-26(20-9-8-19(28)12-22(20)29-25(26)33)21(17-6-5-7-18(27)11-17)13-23-31-30-16(4)32(23)24/h5-9,12,14,17,21,24H,3,10-11,13H2,1-2,4H3,(H,29,33)/t17?,21-,24-,26+/m1/s1. The zero-order valence-corrected chi connectivity index (χ0v) is 20.6. The van der Waals surface area contributed by atoms with Crippen molar-refractivity contribution in [3.8, 4) is 0 Å². The first-order valence-corrected chi connectivity index (χ1v) is 12.2. The molecule has 2 aromatic rings. The van der Waals surface area contributed by atoms with Crippen molar-refractivity contribution >= 4 is 34.8 Å². The number of carbonyl (C=O) groups is 1. The smallest absolute Gasteiger partial charge is 0.237 e. The van der Waals surface area contributed by atoms with Crippen LogP contribution in [0, 0.1) is 24.7 Å². The Hall–Kier alpha value is -2.37. The number of benzene rings is 1. The van der Waals surface area contributed by atoms with Crippen molar-refractivity contribution in [3.05, 3.63) is 75.8 Å². The van der Waals surface area contributed by atoms with E-state index in [0.717, 1.165) is 39.9 Å². The van der Waals surface area contributed by atoms with Gasteiger partial charge in [0, 0.05) is 22.2 Å². The number of allylic oxidation sites excluding steroid dienone is 5. The fourth-order valence-electron chi connectivity index (χ4n) is 6.19. The number of hydrogen-bond donors (Lipinski definition) is 1. The number of anilines is 1. The van der Waals surface area contributed by atoms with Crippen LogP contribution >= 0.6 is 23.2 Å². The van der Waals surface area contributed by atoms with Crippen LogP contribution in [-0.4, -0.2) is 20.7 Å². The predicted octanol–water partition coefficient (Wildman–Crippen LogP) is 6.14. The molecule has 0 fully saturated rings. The van der Waals surface area contributed by atoms with E-state index in [9.17, 15) is 4.79 Å². The molecule has 1 aromatic carbocycles. The van der Waals surface area contributed by atoms with E-state index < -0.39 is 5.41 Å². The molecule has 2 aliphatic heterocycles. The van der Waals surface area contributed by atoms with Gasteiger partial charge < -0.3 is 9.88 Å². The molecule has 172 valence electrons. The number of nitrogens with one attached hydrogen (secondary N) is 1. The molecule has 0 bridgehead atoms. The minimum Gasteiger partial charge on any atom is -0.325 e. The third-order valence-corrected chi connectivity index (χ3v) is 7.82. The number of aryl methyl sites for hydroxylation is 1. The second-order valence-electron chi connectivity index (χ2n) is 9.88. The normalized spacial score (nSPS) is 28.0. The first-order valence-electron chi connectivity index (χ1n) is 11.5. The summed E-state index contributed by atoms with van der Waals surface area (Å²) in [5.74, 6) is 2.09. The SMILES string of the molecule is C=C(CC(C)C)[C@H]1n2c(C)nnc2C[C@H](C2C=CC=C(Cl)C2)[C@]12C(=O)Nc1cc(Cl)ccc12. The fraction of sp³-hybridized carbons (Fsp3) is 0.423. The monoisotopic (exact) mass is 482 g/mol. The van der Waals surface area contributed by atoms with E-state index in [2.05, 4.69) is 46.6 Å². The van der Waals surface area contributed by atoms with Gasteiger partial charge in [-0.15, -0.1) is 10.2 Å². The van der Waals surface area contributed by atoms with Crippen LogP contribution in [0.5, 0.6) is 0 Å². The van der Waals surface area contributed by atoms with Gasteiger partial charge in [0.05, 0.1) is 6.04 Å². The molecule has 1 aliphatic carbocycles. The quantitative estimate of drug-likeness (QED) is 0.531. The molecule has 3 aliphatic rings. The highest BCUT2D eigenvalue weighted by Crippen LogP contribution is 2.59. The maximum atomic E-state index is 14.2. The number of hydrogen-bond acceptors (Lipinski definition) is 3. The van der Waals surface area contributed by atoms with Gasteiger partial charge in [-0.05, 0) is 61.3 Å². The zero-order chi connectivity index (χ0) is 23.5. The number of fused-ring (bicyclic) bond motifs is 3. The third-order valence-electron chi connectivity index (χ3n) is 7.30. The van der Waals surface area contributed by atoms with Crippen LogP contribution < -0.4 is 5.32 Å². The Morgan fingerprint density at radius 1 is 1.30 bits per heavy atom. The molecule has 1 amide bonds. The molecule has 3 heterocycles. The van der Waals surface area contributed by atoms with Crippen molar-refractivity contribution in [3.63, 3.8) is 0 Å². The minimum atomic E-state index is -0.866. The Bertz CT molecular complexity index is 1210. The molecule has 5 nitrogen and oxygen atoms in total. The maximum Gasteiger partial charge on any atom is 0.237 e. The summed E-state index contributed by atoms with van der Waals surface area (Å²) in [6.45, 7) is 10.8. The first-order chi connectivity index (χ1) is 15.7. The van der Waals surface area contributed by atoms with Crippen LogP contribution in [-0.2, 0) is 16.6 Å². The van der Waals surface area contributed by atoms with E-state index >= 15 is 0 Å². The molecule has 1 aromatic heterocycles. The highest BCUT2D eigenvalue weighted by Gasteiger charge is 2.62. The van der Waals surface area contributed by atoms with Crippen molar-refractivity contribution in [2.24, 2.45) is 17.8 Å². The summed E-state index contributed by atoms with van der Waals surface area (Å²) in [5, 5.41) is 13.5. The van der Waals surface area contributed by atoms with Crippen LogP contribution in [0.4, 0.5) is 5.69 Å². The topological polar surface area (TPSA) is 59.8 Å². The molecule has 0 radical (unpaired) electrons. The van der Waals surface area contributed by atoms with Gasteiger partial charge in [0.1, 0.15) is 17.1 Å². The second-order valence-corrected chi connectivity index (χ2v) is 10.8.